The quantitative estimate of drug-likeness (QED) is 0.592. The van der Waals surface area contributed by atoms with Gasteiger partial charge in [-0.2, -0.15) is 0 Å². The van der Waals surface area contributed by atoms with Gasteiger partial charge in [0.25, 0.3) is 5.91 Å². The molecule has 32 heavy (non-hydrogen) atoms. The smallest absolute Gasteiger partial charge is 0.322 e. The first-order valence-electron chi connectivity index (χ1n) is 10.3. The highest BCUT2D eigenvalue weighted by Gasteiger charge is 2.27. The van der Waals surface area contributed by atoms with E-state index in [0.29, 0.717) is 35.9 Å². The van der Waals surface area contributed by atoms with Gasteiger partial charge in [-0.05, 0) is 30.3 Å². The molecule has 0 aliphatic carbocycles. The highest BCUT2D eigenvalue weighted by molar-refractivity contribution is 7.13. The number of nitrogens with zero attached hydrogens (tertiary/aromatic N) is 4. The SMILES string of the molecule is CN(C)c1cccc(NC(=O)N2CCc3nc(C(=O)N(C)c4ccccc4N)sc3C2)c1. The van der Waals surface area contributed by atoms with Crippen molar-refractivity contribution in [3.63, 3.8) is 0 Å². The second-order valence-electron chi connectivity index (χ2n) is 7.86. The lowest BCUT2D eigenvalue weighted by Crippen LogP contribution is -2.38. The summed E-state index contributed by atoms with van der Waals surface area (Å²) < 4.78 is 0. The zero-order valence-electron chi connectivity index (χ0n) is 18.3. The lowest BCUT2D eigenvalue weighted by atomic mass is 10.2. The number of carbonyl (C=O) groups is 2. The number of carbonyl (C=O) groups excluding carboxylic acids is 2. The van der Waals surface area contributed by atoms with Crippen molar-refractivity contribution in [2.45, 2.75) is 13.0 Å². The largest absolute Gasteiger partial charge is 0.397 e. The number of nitrogen functional groups attached to an aromatic ring is 1. The van der Waals surface area contributed by atoms with Crippen LogP contribution in [0.2, 0.25) is 0 Å². The van der Waals surface area contributed by atoms with Crippen molar-refractivity contribution in [3.05, 3.63) is 64.1 Å². The molecule has 1 aromatic heterocycles. The maximum atomic E-state index is 13.0. The van der Waals surface area contributed by atoms with E-state index in [1.54, 1.807) is 24.1 Å². The highest BCUT2D eigenvalue weighted by atomic mass is 32.1. The summed E-state index contributed by atoms with van der Waals surface area (Å²) in [6.45, 7) is 0.974. The predicted molar refractivity (Wildman–Crippen MR) is 130 cm³/mol. The summed E-state index contributed by atoms with van der Waals surface area (Å²) in [5.74, 6) is -0.209. The number of thiazole rings is 1. The van der Waals surface area contributed by atoms with Crippen molar-refractivity contribution >= 4 is 46.0 Å². The van der Waals surface area contributed by atoms with Gasteiger partial charge in [-0.1, -0.05) is 18.2 Å². The molecule has 0 spiro atoms. The standard InChI is InChI=1S/C23H26N6O2S/c1-27(2)16-8-6-7-15(13-16)25-23(31)29-12-11-18-20(14-29)32-21(26-18)22(30)28(3)19-10-5-4-9-17(19)24/h4-10,13H,11-12,14,24H2,1-3H3,(H,25,31). The van der Waals surface area contributed by atoms with Crippen molar-refractivity contribution < 1.29 is 9.59 Å². The Labute approximate surface area is 191 Å². The van der Waals surface area contributed by atoms with Gasteiger partial charge < -0.3 is 25.8 Å². The van der Waals surface area contributed by atoms with Gasteiger partial charge in [0, 0.05) is 50.4 Å². The number of amides is 3. The number of benzene rings is 2. The molecule has 2 heterocycles. The molecular weight excluding hydrogens is 424 g/mol. The zero-order valence-corrected chi connectivity index (χ0v) is 19.1. The van der Waals surface area contributed by atoms with Crippen LogP contribution in [-0.4, -0.2) is 49.5 Å². The van der Waals surface area contributed by atoms with Crippen molar-refractivity contribution in [1.82, 2.24) is 9.88 Å². The van der Waals surface area contributed by atoms with E-state index >= 15 is 0 Å². The summed E-state index contributed by atoms with van der Waals surface area (Å²) in [5.41, 5.74) is 9.83. The maximum Gasteiger partial charge on any atom is 0.322 e. The Hall–Kier alpha value is -3.59. The van der Waals surface area contributed by atoms with Crippen LogP contribution in [0.25, 0.3) is 0 Å². The van der Waals surface area contributed by atoms with Crippen molar-refractivity contribution in [3.8, 4) is 0 Å². The first-order chi connectivity index (χ1) is 15.3. The molecule has 3 N–H and O–H groups in total. The topological polar surface area (TPSA) is 94.8 Å². The molecule has 1 aliphatic heterocycles. The van der Waals surface area contributed by atoms with E-state index in [-0.39, 0.29) is 11.9 Å². The van der Waals surface area contributed by atoms with Gasteiger partial charge in [-0.25, -0.2) is 9.78 Å². The van der Waals surface area contributed by atoms with Crippen LogP contribution in [0.1, 0.15) is 20.4 Å². The Kier molecular flexibility index (Phi) is 6.00. The third-order valence-corrected chi connectivity index (χ3v) is 6.49. The minimum atomic E-state index is -0.209. The van der Waals surface area contributed by atoms with Crippen molar-refractivity contribution in [2.24, 2.45) is 0 Å². The fraction of sp³-hybridized carbons (Fsp3) is 0.261. The molecule has 2 aromatic carbocycles. The molecule has 3 amide bonds. The molecule has 9 heteroatoms. The van der Waals surface area contributed by atoms with Crippen LogP contribution in [0.5, 0.6) is 0 Å². The zero-order chi connectivity index (χ0) is 22.8. The number of nitrogens with two attached hydrogens (primary N) is 1. The Morgan fingerprint density at radius 3 is 2.66 bits per heavy atom. The van der Waals surface area contributed by atoms with Crippen LogP contribution < -0.4 is 20.9 Å². The molecule has 0 saturated heterocycles. The van der Waals surface area contributed by atoms with Gasteiger partial charge in [0.1, 0.15) is 0 Å². The molecule has 3 aromatic rings. The molecule has 0 radical (unpaired) electrons. The Morgan fingerprint density at radius 1 is 1.12 bits per heavy atom. The summed E-state index contributed by atoms with van der Waals surface area (Å²) in [6, 6.07) is 14.8. The number of hydrogen-bond acceptors (Lipinski definition) is 6. The summed E-state index contributed by atoms with van der Waals surface area (Å²) in [4.78, 5) is 36.5. The van der Waals surface area contributed by atoms with Crippen LogP contribution >= 0.6 is 11.3 Å². The summed E-state index contributed by atoms with van der Waals surface area (Å²) in [5, 5.41) is 3.37. The lowest BCUT2D eigenvalue weighted by Gasteiger charge is -2.26. The molecule has 0 fully saturated rings. The number of para-hydroxylation sites is 2. The second-order valence-corrected chi connectivity index (χ2v) is 8.94. The molecule has 166 valence electrons. The van der Waals surface area contributed by atoms with Gasteiger partial charge >= 0.3 is 6.03 Å². The number of fused-ring (bicyclic) bond motifs is 1. The van der Waals surface area contributed by atoms with E-state index in [1.807, 2.05) is 55.4 Å². The molecule has 8 nitrogen and oxygen atoms in total. The number of aromatic nitrogens is 1. The lowest BCUT2D eigenvalue weighted by molar-refractivity contribution is 0.0992. The van der Waals surface area contributed by atoms with Gasteiger partial charge in [0.05, 0.1) is 23.6 Å². The normalized spacial score (nSPS) is 12.8. The number of rotatable bonds is 4. The molecule has 4 rings (SSSR count). The molecule has 0 atom stereocenters. The number of anilines is 4. The minimum absolute atomic E-state index is 0.165. The van der Waals surface area contributed by atoms with Crippen LogP contribution in [0.15, 0.2) is 48.5 Å². The average Bonchev–Trinajstić information content (AvgIpc) is 3.22. The third-order valence-electron chi connectivity index (χ3n) is 5.42. The first-order valence-corrected chi connectivity index (χ1v) is 11.1. The van der Waals surface area contributed by atoms with Gasteiger partial charge in [-0.3, -0.25) is 4.79 Å². The minimum Gasteiger partial charge on any atom is -0.397 e. The van der Waals surface area contributed by atoms with Crippen LogP contribution in [0, 0.1) is 0 Å². The second kappa shape index (κ2) is 8.88. The average molecular weight is 451 g/mol. The predicted octanol–water partition coefficient (Wildman–Crippen LogP) is 3.66. The van der Waals surface area contributed by atoms with Crippen molar-refractivity contribution in [1.29, 1.82) is 0 Å². The van der Waals surface area contributed by atoms with Crippen LogP contribution in [-0.2, 0) is 13.0 Å². The van der Waals surface area contributed by atoms with Gasteiger partial charge in [0.15, 0.2) is 5.01 Å². The van der Waals surface area contributed by atoms with E-state index in [2.05, 4.69) is 10.3 Å². The van der Waals surface area contributed by atoms with Gasteiger partial charge in [0.2, 0.25) is 0 Å². The van der Waals surface area contributed by atoms with Crippen molar-refractivity contribution in [2.75, 3.05) is 48.5 Å². The number of nitrogens with one attached hydrogen (secondary N) is 1. The summed E-state index contributed by atoms with van der Waals surface area (Å²) >= 11 is 1.33. The fourth-order valence-corrected chi connectivity index (χ4v) is 4.67. The van der Waals surface area contributed by atoms with E-state index in [4.69, 9.17) is 5.73 Å². The van der Waals surface area contributed by atoms with Crippen LogP contribution in [0.3, 0.4) is 0 Å². The maximum absolute atomic E-state index is 13.0. The van der Waals surface area contributed by atoms with E-state index < -0.39 is 0 Å². The summed E-state index contributed by atoms with van der Waals surface area (Å²) in [7, 11) is 5.61. The first kappa shape index (κ1) is 21.6. The number of urea groups is 1. The highest BCUT2D eigenvalue weighted by Crippen LogP contribution is 2.29. The van der Waals surface area contributed by atoms with Gasteiger partial charge in [-0.15, -0.1) is 11.3 Å². The Balaban J connectivity index is 1.46. The third kappa shape index (κ3) is 4.38. The molecule has 0 saturated carbocycles. The molecular formula is C23H26N6O2S. The fourth-order valence-electron chi connectivity index (χ4n) is 3.57. The molecule has 1 aliphatic rings. The Morgan fingerprint density at radius 2 is 1.91 bits per heavy atom. The summed E-state index contributed by atoms with van der Waals surface area (Å²) in [6.07, 6.45) is 0.613. The van der Waals surface area contributed by atoms with E-state index in [9.17, 15) is 9.59 Å². The molecule has 0 unspecified atom stereocenters. The Bertz CT molecular complexity index is 1160. The van der Waals surface area contributed by atoms with E-state index in [1.165, 1.54) is 16.2 Å². The number of hydrogen-bond donors (Lipinski definition) is 2. The molecule has 0 bridgehead atoms. The van der Waals surface area contributed by atoms with Crippen LogP contribution in [0.4, 0.5) is 27.5 Å². The monoisotopic (exact) mass is 450 g/mol. The van der Waals surface area contributed by atoms with E-state index in [0.717, 1.165) is 21.9 Å².